The van der Waals surface area contributed by atoms with Crippen LogP contribution in [-0.4, -0.2) is 11.1 Å². The average Bonchev–Trinajstić information content (AvgIpc) is 3.09. The topological polar surface area (TPSA) is 66.2 Å². The molecule has 3 aromatic rings. The molecule has 5 nitrogen and oxygen atoms in total. The average molecular weight is 427 g/mol. The third kappa shape index (κ3) is 5.16. The van der Waals surface area contributed by atoms with Gasteiger partial charge in [-0.25, -0.2) is 4.99 Å². The molecule has 3 aromatic carbocycles. The van der Waals surface area contributed by atoms with E-state index in [9.17, 15) is 4.79 Å². The normalized spacial score (nSPS) is 16.4. The maximum atomic E-state index is 12.3. The summed E-state index contributed by atoms with van der Waals surface area (Å²) in [4.78, 5) is 17.6. The fourth-order valence-electron chi connectivity index (χ4n) is 3.02. The molecule has 0 spiro atoms. The minimum absolute atomic E-state index is 0.134. The number of azo groups is 1. The van der Waals surface area contributed by atoms with Gasteiger partial charge in [-0.3, -0.25) is 4.79 Å². The van der Waals surface area contributed by atoms with Crippen LogP contribution in [0.25, 0.3) is 6.08 Å². The highest BCUT2D eigenvalue weighted by molar-refractivity contribution is 8.18. The van der Waals surface area contributed by atoms with Gasteiger partial charge in [-0.1, -0.05) is 48.0 Å². The highest BCUT2D eigenvalue weighted by Crippen LogP contribution is 2.31. The highest BCUT2D eigenvalue weighted by Gasteiger charge is 2.23. The van der Waals surface area contributed by atoms with Gasteiger partial charge in [0, 0.05) is 0 Å². The molecule has 1 amide bonds. The van der Waals surface area contributed by atoms with E-state index in [0.717, 1.165) is 33.8 Å². The SMILES string of the molecule is Cc1ccc(/C=C2\SC(=Nc3ccc(N=Nc4ccccc4C)cc3C)NC2=O)cc1. The highest BCUT2D eigenvalue weighted by atomic mass is 32.2. The van der Waals surface area contributed by atoms with Gasteiger partial charge in [0.05, 0.1) is 22.0 Å². The zero-order valence-corrected chi connectivity index (χ0v) is 18.4. The number of hydrogen-bond donors (Lipinski definition) is 1. The summed E-state index contributed by atoms with van der Waals surface area (Å²) in [6, 6.07) is 21.6. The molecule has 0 unspecified atom stereocenters. The Morgan fingerprint density at radius 1 is 0.839 bits per heavy atom. The third-order valence-corrected chi connectivity index (χ3v) is 5.73. The third-order valence-electron chi connectivity index (χ3n) is 4.82. The lowest BCUT2D eigenvalue weighted by atomic mass is 10.1. The van der Waals surface area contributed by atoms with Crippen LogP contribution in [0.15, 0.2) is 86.9 Å². The van der Waals surface area contributed by atoms with E-state index in [2.05, 4.69) is 20.5 Å². The first-order chi connectivity index (χ1) is 15.0. The minimum atomic E-state index is -0.134. The predicted molar refractivity (Wildman–Crippen MR) is 129 cm³/mol. The second kappa shape index (κ2) is 9.10. The maximum Gasteiger partial charge on any atom is 0.264 e. The number of aliphatic imine (C=N–C) groups is 1. The van der Waals surface area contributed by atoms with Gasteiger partial charge in [-0.15, -0.1) is 0 Å². The molecule has 0 atom stereocenters. The monoisotopic (exact) mass is 426 g/mol. The first-order valence-corrected chi connectivity index (χ1v) is 10.7. The van der Waals surface area contributed by atoms with Crippen LogP contribution >= 0.6 is 11.8 Å². The smallest absolute Gasteiger partial charge is 0.264 e. The second-order valence-electron chi connectivity index (χ2n) is 7.35. The van der Waals surface area contributed by atoms with E-state index in [1.54, 1.807) is 0 Å². The minimum Gasteiger partial charge on any atom is -0.300 e. The summed E-state index contributed by atoms with van der Waals surface area (Å²) in [5, 5.41) is 12.1. The fraction of sp³-hybridized carbons (Fsp3) is 0.120. The lowest BCUT2D eigenvalue weighted by Gasteiger charge is -2.03. The Morgan fingerprint density at radius 2 is 1.61 bits per heavy atom. The van der Waals surface area contributed by atoms with Crippen molar-refractivity contribution >= 4 is 46.0 Å². The van der Waals surface area contributed by atoms with E-state index in [0.29, 0.717) is 10.1 Å². The summed E-state index contributed by atoms with van der Waals surface area (Å²) < 4.78 is 0. The Bertz CT molecular complexity index is 1230. The Kier molecular flexibility index (Phi) is 6.09. The lowest BCUT2D eigenvalue weighted by molar-refractivity contribution is -0.115. The summed E-state index contributed by atoms with van der Waals surface area (Å²) in [6.07, 6.45) is 1.88. The molecule has 0 radical (unpaired) electrons. The van der Waals surface area contributed by atoms with Crippen LogP contribution in [0.3, 0.4) is 0 Å². The van der Waals surface area contributed by atoms with Crippen LogP contribution in [-0.2, 0) is 4.79 Å². The van der Waals surface area contributed by atoms with Crippen molar-refractivity contribution in [2.24, 2.45) is 15.2 Å². The quantitative estimate of drug-likeness (QED) is 0.363. The zero-order chi connectivity index (χ0) is 21.8. The van der Waals surface area contributed by atoms with E-state index in [1.165, 1.54) is 17.3 Å². The van der Waals surface area contributed by atoms with Crippen molar-refractivity contribution in [3.63, 3.8) is 0 Å². The Hall–Kier alpha value is -3.51. The summed E-state index contributed by atoms with van der Waals surface area (Å²) in [7, 11) is 0. The molecule has 154 valence electrons. The van der Waals surface area contributed by atoms with Crippen LogP contribution in [0.2, 0.25) is 0 Å². The van der Waals surface area contributed by atoms with Gasteiger partial charge in [0.2, 0.25) is 0 Å². The van der Waals surface area contributed by atoms with Crippen molar-refractivity contribution in [2.45, 2.75) is 20.8 Å². The van der Waals surface area contributed by atoms with Crippen molar-refractivity contribution in [1.82, 2.24) is 5.32 Å². The van der Waals surface area contributed by atoms with Gasteiger partial charge >= 0.3 is 0 Å². The van der Waals surface area contributed by atoms with Gasteiger partial charge in [0.25, 0.3) is 5.91 Å². The van der Waals surface area contributed by atoms with E-state index in [-0.39, 0.29) is 5.91 Å². The molecule has 1 saturated heterocycles. The van der Waals surface area contributed by atoms with Crippen LogP contribution in [0.1, 0.15) is 22.3 Å². The van der Waals surface area contributed by atoms with Crippen LogP contribution in [0.5, 0.6) is 0 Å². The van der Waals surface area contributed by atoms with Gasteiger partial charge in [-0.2, -0.15) is 10.2 Å². The number of carbonyl (C=O) groups excluding carboxylic acids is 1. The molecule has 0 aromatic heterocycles. The number of amidine groups is 1. The maximum absolute atomic E-state index is 12.3. The number of aryl methyl sites for hydroxylation is 3. The van der Waals surface area contributed by atoms with Gasteiger partial charge < -0.3 is 5.32 Å². The first kappa shape index (κ1) is 20.8. The molecule has 6 heteroatoms. The van der Waals surface area contributed by atoms with Gasteiger partial charge in [0.15, 0.2) is 5.17 Å². The van der Waals surface area contributed by atoms with Crippen molar-refractivity contribution in [2.75, 3.05) is 0 Å². The largest absolute Gasteiger partial charge is 0.300 e. The van der Waals surface area contributed by atoms with Gasteiger partial charge in [-0.05, 0) is 79.6 Å². The van der Waals surface area contributed by atoms with E-state index >= 15 is 0 Å². The van der Waals surface area contributed by atoms with E-state index in [4.69, 9.17) is 0 Å². The molecule has 4 rings (SSSR count). The molecule has 1 N–H and O–H groups in total. The number of nitrogens with one attached hydrogen (secondary N) is 1. The van der Waals surface area contributed by atoms with Crippen molar-refractivity contribution < 1.29 is 4.79 Å². The van der Waals surface area contributed by atoms with E-state index < -0.39 is 0 Å². The summed E-state index contributed by atoms with van der Waals surface area (Å²) in [6.45, 7) is 6.01. The lowest BCUT2D eigenvalue weighted by Crippen LogP contribution is -2.19. The number of benzene rings is 3. The molecule has 1 aliphatic heterocycles. The van der Waals surface area contributed by atoms with Gasteiger partial charge in [0.1, 0.15) is 0 Å². The standard InChI is InChI=1S/C25H22N4OS/c1-16-8-10-19(11-9-16)15-23-24(30)27-25(31-23)26-21-13-12-20(14-18(21)3)28-29-22-7-5-4-6-17(22)2/h4-15H,1-3H3,(H,26,27,30)/b23-15-,29-28?. The molecule has 0 saturated carbocycles. The first-order valence-electron chi connectivity index (χ1n) is 9.92. The molecule has 0 aliphatic carbocycles. The Morgan fingerprint density at radius 3 is 2.35 bits per heavy atom. The molecule has 1 aliphatic rings. The molecule has 0 bridgehead atoms. The number of hydrogen-bond acceptors (Lipinski definition) is 5. The summed E-state index contributed by atoms with van der Waals surface area (Å²) in [5.74, 6) is -0.134. The number of carbonyl (C=O) groups is 1. The zero-order valence-electron chi connectivity index (χ0n) is 17.6. The number of nitrogens with zero attached hydrogens (tertiary/aromatic N) is 3. The van der Waals surface area contributed by atoms with Crippen LogP contribution < -0.4 is 5.32 Å². The molecule has 1 fully saturated rings. The number of rotatable bonds is 4. The van der Waals surface area contributed by atoms with Crippen LogP contribution in [0, 0.1) is 20.8 Å². The Labute approximate surface area is 186 Å². The van der Waals surface area contributed by atoms with Crippen molar-refractivity contribution in [3.8, 4) is 0 Å². The fourth-order valence-corrected chi connectivity index (χ4v) is 3.85. The van der Waals surface area contributed by atoms with Crippen LogP contribution in [0.4, 0.5) is 17.1 Å². The number of amides is 1. The Balaban J connectivity index is 1.51. The summed E-state index contributed by atoms with van der Waals surface area (Å²) in [5.41, 5.74) is 6.60. The number of thioether (sulfide) groups is 1. The predicted octanol–water partition coefficient (Wildman–Crippen LogP) is 6.92. The second-order valence-corrected chi connectivity index (χ2v) is 8.38. The molecule has 31 heavy (non-hydrogen) atoms. The summed E-state index contributed by atoms with van der Waals surface area (Å²) >= 11 is 1.34. The van der Waals surface area contributed by atoms with E-state index in [1.807, 2.05) is 93.6 Å². The van der Waals surface area contributed by atoms with Crippen molar-refractivity contribution in [1.29, 1.82) is 0 Å². The molecular formula is C25H22N4OS. The molecule has 1 heterocycles. The molecular weight excluding hydrogens is 404 g/mol. The van der Waals surface area contributed by atoms with Crippen molar-refractivity contribution in [3.05, 3.63) is 93.9 Å².